The molecular weight excluding hydrogens is 536 g/mol. The van der Waals surface area contributed by atoms with E-state index in [0.29, 0.717) is 23.0 Å². The summed E-state index contributed by atoms with van der Waals surface area (Å²) in [6.07, 6.45) is 0. The van der Waals surface area contributed by atoms with Gasteiger partial charge in [-0.05, 0) is 62.3 Å². The Morgan fingerprint density at radius 3 is 1.82 bits per heavy atom. The first kappa shape index (κ1) is 25.5. The molecule has 0 saturated heterocycles. The molecule has 8 aromatic rings. The van der Waals surface area contributed by atoms with Crippen molar-refractivity contribution >= 4 is 32.3 Å². The van der Waals surface area contributed by atoms with E-state index in [9.17, 15) is 5.26 Å². The van der Waals surface area contributed by atoms with E-state index < -0.39 is 0 Å². The highest BCUT2D eigenvalue weighted by molar-refractivity contribution is 6.21. The Labute approximate surface area is 254 Å². The average Bonchev–Trinajstić information content (AvgIpc) is 3.11. The van der Waals surface area contributed by atoms with Crippen molar-refractivity contribution in [2.45, 2.75) is 0 Å². The van der Waals surface area contributed by atoms with Gasteiger partial charge in [0.15, 0.2) is 17.5 Å². The lowest BCUT2D eigenvalue weighted by Crippen LogP contribution is -2.01. The monoisotopic (exact) mass is 560 g/mol. The van der Waals surface area contributed by atoms with Crippen LogP contribution in [-0.4, -0.2) is 15.0 Å². The molecule has 0 radical (unpaired) electrons. The van der Waals surface area contributed by atoms with Crippen LogP contribution in [0.2, 0.25) is 0 Å². The van der Waals surface area contributed by atoms with Gasteiger partial charge in [-0.25, -0.2) is 15.0 Å². The van der Waals surface area contributed by atoms with E-state index in [4.69, 9.17) is 15.0 Å². The highest BCUT2D eigenvalue weighted by Gasteiger charge is 2.19. The number of nitriles is 1. The maximum atomic E-state index is 9.25. The molecule has 0 aliphatic heterocycles. The smallest absolute Gasteiger partial charge is 0.165 e. The number of rotatable bonds is 4. The van der Waals surface area contributed by atoms with E-state index in [1.165, 1.54) is 5.39 Å². The number of hydrogen-bond acceptors (Lipinski definition) is 4. The van der Waals surface area contributed by atoms with Gasteiger partial charge >= 0.3 is 0 Å². The number of benzene rings is 7. The first-order valence-corrected chi connectivity index (χ1v) is 14.5. The van der Waals surface area contributed by atoms with E-state index in [-0.39, 0.29) is 0 Å². The lowest BCUT2D eigenvalue weighted by atomic mass is 9.92. The van der Waals surface area contributed by atoms with Crippen molar-refractivity contribution < 1.29 is 0 Å². The van der Waals surface area contributed by atoms with Gasteiger partial charge in [0, 0.05) is 22.1 Å². The summed E-state index contributed by atoms with van der Waals surface area (Å²) in [5.41, 5.74) is 5.50. The number of nitrogens with zero attached hydrogens (tertiary/aromatic N) is 4. The van der Waals surface area contributed by atoms with Crippen molar-refractivity contribution in [2.24, 2.45) is 0 Å². The molecule has 204 valence electrons. The average molecular weight is 561 g/mol. The predicted octanol–water partition coefficient (Wildman–Crippen LogP) is 9.87. The summed E-state index contributed by atoms with van der Waals surface area (Å²) in [6, 6.07) is 51.7. The minimum absolute atomic E-state index is 0.602. The third-order valence-electron chi connectivity index (χ3n) is 8.11. The zero-order valence-corrected chi connectivity index (χ0v) is 23.6. The lowest BCUT2D eigenvalue weighted by Gasteiger charge is -2.15. The molecule has 0 atom stereocenters. The van der Waals surface area contributed by atoms with Gasteiger partial charge in [0.05, 0.1) is 11.6 Å². The highest BCUT2D eigenvalue weighted by Crippen LogP contribution is 2.40. The molecule has 0 spiro atoms. The van der Waals surface area contributed by atoms with Gasteiger partial charge in [-0.1, -0.05) is 121 Å². The summed E-state index contributed by atoms with van der Waals surface area (Å²) in [6.45, 7) is 0. The van der Waals surface area contributed by atoms with Crippen LogP contribution in [0.4, 0.5) is 0 Å². The Balaban J connectivity index is 1.42. The molecule has 0 aliphatic carbocycles. The van der Waals surface area contributed by atoms with Crippen LogP contribution >= 0.6 is 0 Å². The van der Waals surface area contributed by atoms with Crippen LogP contribution in [-0.2, 0) is 0 Å². The van der Waals surface area contributed by atoms with Gasteiger partial charge in [0.2, 0.25) is 0 Å². The zero-order chi connectivity index (χ0) is 29.5. The molecule has 8 rings (SSSR count). The Kier molecular flexibility index (Phi) is 6.14. The van der Waals surface area contributed by atoms with Crippen LogP contribution in [0.1, 0.15) is 5.56 Å². The first-order valence-electron chi connectivity index (χ1n) is 14.5. The molecule has 0 bridgehead atoms. The van der Waals surface area contributed by atoms with Crippen LogP contribution in [0.15, 0.2) is 146 Å². The first-order chi connectivity index (χ1) is 21.7. The summed E-state index contributed by atoms with van der Waals surface area (Å²) in [5, 5.41) is 16.1. The molecule has 0 aliphatic rings. The van der Waals surface area contributed by atoms with Crippen molar-refractivity contribution in [1.29, 1.82) is 5.26 Å². The molecule has 0 fully saturated rings. The summed E-state index contributed by atoms with van der Waals surface area (Å²) >= 11 is 0. The Morgan fingerprint density at radius 2 is 1.02 bits per heavy atom. The van der Waals surface area contributed by atoms with Crippen LogP contribution in [0.5, 0.6) is 0 Å². The van der Waals surface area contributed by atoms with Gasteiger partial charge in [-0.3, -0.25) is 0 Å². The van der Waals surface area contributed by atoms with Crippen molar-refractivity contribution in [3.8, 4) is 51.4 Å². The van der Waals surface area contributed by atoms with Crippen molar-refractivity contribution in [3.63, 3.8) is 0 Å². The van der Waals surface area contributed by atoms with Gasteiger partial charge in [-0.2, -0.15) is 5.26 Å². The van der Waals surface area contributed by atoms with Crippen LogP contribution in [0.25, 0.3) is 77.6 Å². The van der Waals surface area contributed by atoms with E-state index in [2.05, 4.69) is 84.9 Å². The molecule has 0 amide bonds. The van der Waals surface area contributed by atoms with Gasteiger partial charge < -0.3 is 0 Å². The van der Waals surface area contributed by atoms with E-state index in [1.807, 2.05) is 66.7 Å². The molecule has 0 unspecified atom stereocenters. The molecule has 4 nitrogen and oxygen atoms in total. The minimum Gasteiger partial charge on any atom is -0.208 e. The standard InChI is InChI=1S/C40H24N4/c41-25-26-17-19-27(20-18-26)30-13-8-14-33(23-30)39-42-38(29-10-2-1-3-11-29)43-40(44-39)37-35-16-7-5-12-31(35)24-32-22-21-28-9-4-6-15-34(28)36(32)37/h1-24H. The third kappa shape index (κ3) is 4.45. The van der Waals surface area contributed by atoms with Crippen molar-refractivity contribution in [1.82, 2.24) is 15.0 Å². The van der Waals surface area contributed by atoms with Gasteiger partial charge in [0.25, 0.3) is 0 Å². The van der Waals surface area contributed by atoms with Gasteiger partial charge in [-0.15, -0.1) is 0 Å². The van der Waals surface area contributed by atoms with E-state index in [0.717, 1.165) is 54.7 Å². The van der Waals surface area contributed by atoms with Crippen LogP contribution in [0.3, 0.4) is 0 Å². The summed E-state index contributed by atoms with van der Waals surface area (Å²) < 4.78 is 0. The molecule has 7 aromatic carbocycles. The largest absolute Gasteiger partial charge is 0.208 e. The van der Waals surface area contributed by atoms with Crippen molar-refractivity contribution in [3.05, 3.63) is 151 Å². The maximum Gasteiger partial charge on any atom is 0.165 e. The number of aromatic nitrogens is 3. The third-order valence-corrected chi connectivity index (χ3v) is 8.11. The molecule has 0 N–H and O–H groups in total. The summed E-state index contributed by atoms with van der Waals surface area (Å²) in [5.74, 6) is 1.86. The van der Waals surface area contributed by atoms with Gasteiger partial charge in [0.1, 0.15) is 0 Å². The molecule has 0 saturated carbocycles. The quantitative estimate of drug-likeness (QED) is 0.159. The van der Waals surface area contributed by atoms with Crippen LogP contribution in [0, 0.1) is 11.3 Å². The highest BCUT2D eigenvalue weighted by atomic mass is 15.0. The second-order valence-corrected chi connectivity index (χ2v) is 10.8. The second kappa shape index (κ2) is 10.6. The summed E-state index contributed by atoms with van der Waals surface area (Å²) in [7, 11) is 0. The molecule has 4 heteroatoms. The Morgan fingerprint density at radius 1 is 0.409 bits per heavy atom. The molecule has 1 heterocycles. The fourth-order valence-corrected chi connectivity index (χ4v) is 5.98. The Hall–Kier alpha value is -6.18. The second-order valence-electron chi connectivity index (χ2n) is 10.8. The zero-order valence-electron chi connectivity index (χ0n) is 23.6. The normalized spacial score (nSPS) is 11.2. The van der Waals surface area contributed by atoms with E-state index >= 15 is 0 Å². The predicted molar refractivity (Wildman–Crippen MR) is 179 cm³/mol. The van der Waals surface area contributed by atoms with Crippen LogP contribution < -0.4 is 0 Å². The van der Waals surface area contributed by atoms with Crippen molar-refractivity contribution in [2.75, 3.05) is 0 Å². The maximum absolute atomic E-state index is 9.25. The topological polar surface area (TPSA) is 62.5 Å². The fourth-order valence-electron chi connectivity index (χ4n) is 5.98. The fraction of sp³-hybridized carbons (Fsp3) is 0. The molecule has 1 aromatic heterocycles. The number of fused-ring (bicyclic) bond motifs is 4. The molecular formula is C40H24N4. The summed E-state index contributed by atoms with van der Waals surface area (Å²) in [4.78, 5) is 15.4. The number of hydrogen-bond donors (Lipinski definition) is 0. The Bertz CT molecular complexity index is 2390. The van der Waals surface area contributed by atoms with E-state index in [1.54, 1.807) is 0 Å². The minimum atomic E-state index is 0.602. The molecule has 44 heavy (non-hydrogen) atoms. The SMILES string of the molecule is N#Cc1ccc(-c2cccc(-c3nc(-c4ccccc4)nc(-c4c5ccccc5cc5ccc6ccccc6c45)n3)c2)cc1. The lowest BCUT2D eigenvalue weighted by molar-refractivity contribution is 1.08.